The van der Waals surface area contributed by atoms with Crippen molar-refractivity contribution in [3.05, 3.63) is 0 Å². The van der Waals surface area contributed by atoms with Crippen molar-refractivity contribution >= 4 is 11.9 Å². The van der Waals surface area contributed by atoms with E-state index in [0.29, 0.717) is 13.0 Å². The van der Waals surface area contributed by atoms with Gasteiger partial charge in [-0.05, 0) is 18.8 Å². The maximum absolute atomic E-state index is 11.3. The predicted octanol–water partition coefficient (Wildman–Crippen LogP) is -0.0362. The first kappa shape index (κ1) is 13.9. The summed E-state index contributed by atoms with van der Waals surface area (Å²) in [4.78, 5) is 22.5. The molecular weight excluding hydrogens is 228 g/mol. The molecule has 0 bridgehead atoms. The zero-order chi connectivity index (χ0) is 12.9. The highest BCUT2D eigenvalue weighted by Gasteiger charge is 2.35. The lowest BCUT2D eigenvalue weighted by Crippen LogP contribution is -2.40. The van der Waals surface area contributed by atoms with Gasteiger partial charge in [-0.2, -0.15) is 0 Å². The van der Waals surface area contributed by atoms with E-state index in [1.807, 2.05) is 6.92 Å². The van der Waals surface area contributed by atoms with Crippen LogP contribution in [-0.4, -0.2) is 41.2 Å². The second-order valence-electron chi connectivity index (χ2n) is 4.38. The van der Waals surface area contributed by atoms with Crippen molar-refractivity contribution in [1.82, 2.24) is 0 Å². The highest BCUT2D eigenvalue weighted by Crippen LogP contribution is 2.16. The van der Waals surface area contributed by atoms with Gasteiger partial charge in [0.2, 0.25) is 0 Å². The van der Waals surface area contributed by atoms with Crippen LogP contribution in [0.4, 0.5) is 0 Å². The number of carbonyl (C=O) groups excluding carboxylic acids is 2. The van der Waals surface area contributed by atoms with Gasteiger partial charge in [0.25, 0.3) is 5.79 Å². The van der Waals surface area contributed by atoms with Gasteiger partial charge in [-0.3, -0.25) is 4.79 Å². The molecule has 0 aromatic rings. The molecule has 0 aliphatic carbocycles. The minimum absolute atomic E-state index is 0.00183. The number of cyclic esters (lactones) is 2. The number of carbonyl (C=O) groups is 2. The lowest BCUT2D eigenvalue weighted by Gasteiger charge is -2.21. The molecule has 1 rings (SSSR count). The third kappa shape index (κ3) is 4.70. The molecule has 1 saturated heterocycles. The summed E-state index contributed by atoms with van der Waals surface area (Å²) >= 11 is 0. The Morgan fingerprint density at radius 1 is 1.29 bits per heavy atom. The van der Waals surface area contributed by atoms with Crippen LogP contribution in [-0.2, 0) is 19.1 Å². The lowest BCUT2D eigenvalue weighted by molar-refractivity contribution is -0.213. The first-order valence-electron chi connectivity index (χ1n) is 5.69. The summed E-state index contributed by atoms with van der Waals surface area (Å²) in [7, 11) is 0. The van der Waals surface area contributed by atoms with Crippen molar-refractivity contribution in [1.29, 1.82) is 0 Å². The molecule has 6 heteroatoms. The van der Waals surface area contributed by atoms with Crippen molar-refractivity contribution in [2.24, 2.45) is 5.92 Å². The topological polar surface area (TPSA) is 93.1 Å². The van der Waals surface area contributed by atoms with E-state index < -0.39 is 11.8 Å². The molecule has 2 N–H and O–H groups in total. The first-order valence-corrected chi connectivity index (χ1v) is 5.69. The highest BCUT2D eigenvalue weighted by atomic mass is 16.6. The standard InChI is InChI=1S/C11H18O6/c1-8-4-6-16-9(12)3-2-5-11(14,15)10(13)17-7-8/h8,14-15H,2-7H2,1H3. The average molecular weight is 246 g/mol. The molecular formula is C11H18O6. The van der Waals surface area contributed by atoms with Crippen LogP contribution in [0, 0.1) is 5.92 Å². The van der Waals surface area contributed by atoms with Crippen LogP contribution in [0.25, 0.3) is 0 Å². The van der Waals surface area contributed by atoms with Crippen LogP contribution in [0.1, 0.15) is 32.6 Å². The fraction of sp³-hybridized carbons (Fsp3) is 0.818. The predicted molar refractivity (Wildman–Crippen MR) is 56.7 cm³/mol. The number of hydrogen-bond donors (Lipinski definition) is 2. The molecule has 17 heavy (non-hydrogen) atoms. The second-order valence-corrected chi connectivity index (χ2v) is 4.38. The van der Waals surface area contributed by atoms with Gasteiger partial charge in [-0.15, -0.1) is 0 Å². The maximum atomic E-state index is 11.3. The molecule has 0 radical (unpaired) electrons. The quantitative estimate of drug-likeness (QED) is 0.460. The van der Waals surface area contributed by atoms with Gasteiger partial charge in [-0.25, -0.2) is 4.79 Å². The van der Waals surface area contributed by atoms with E-state index in [-0.39, 0.29) is 37.8 Å². The van der Waals surface area contributed by atoms with Gasteiger partial charge in [0.1, 0.15) is 0 Å². The monoisotopic (exact) mass is 246 g/mol. The third-order valence-corrected chi connectivity index (χ3v) is 2.61. The molecule has 1 atom stereocenters. The van der Waals surface area contributed by atoms with E-state index in [1.165, 1.54) is 0 Å². The number of ether oxygens (including phenoxy) is 2. The van der Waals surface area contributed by atoms with Crippen LogP contribution in [0.2, 0.25) is 0 Å². The van der Waals surface area contributed by atoms with Crippen molar-refractivity contribution in [3.8, 4) is 0 Å². The summed E-state index contributed by atoms with van der Waals surface area (Å²) in [6.07, 6.45) is 0.555. The van der Waals surface area contributed by atoms with Crippen LogP contribution in [0.3, 0.4) is 0 Å². The first-order chi connectivity index (χ1) is 7.92. The number of aliphatic hydroxyl groups is 2. The van der Waals surface area contributed by atoms with Gasteiger partial charge in [-0.1, -0.05) is 6.92 Å². The van der Waals surface area contributed by atoms with Crippen molar-refractivity contribution in [2.45, 2.75) is 38.4 Å². The Bertz CT molecular complexity index is 286. The molecule has 0 aromatic carbocycles. The molecule has 6 nitrogen and oxygen atoms in total. The summed E-state index contributed by atoms with van der Waals surface area (Å²) in [6, 6.07) is 0. The van der Waals surface area contributed by atoms with Crippen molar-refractivity contribution < 1.29 is 29.3 Å². The van der Waals surface area contributed by atoms with E-state index in [9.17, 15) is 19.8 Å². The van der Waals surface area contributed by atoms with E-state index in [4.69, 9.17) is 9.47 Å². The van der Waals surface area contributed by atoms with Gasteiger partial charge >= 0.3 is 11.9 Å². The average Bonchev–Trinajstić information content (AvgIpc) is 2.24. The minimum atomic E-state index is -2.51. The van der Waals surface area contributed by atoms with Crippen LogP contribution < -0.4 is 0 Å². The molecule has 0 saturated carbocycles. The molecule has 1 aliphatic heterocycles. The third-order valence-electron chi connectivity index (χ3n) is 2.61. The summed E-state index contributed by atoms with van der Waals surface area (Å²) < 4.78 is 9.73. The summed E-state index contributed by atoms with van der Waals surface area (Å²) in [5, 5.41) is 18.9. The highest BCUT2D eigenvalue weighted by molar-refractivity contribution is 5.77. The molecule has 1 heterocycles. The number of rotatable bonds is 0. The van der Waals surface area contributed by atoms with Crippen molar-refractivity contribution in [3.63, 3.8) is 0 Å². The zero-order valence-electron chi connectivity index (χ0n) is 9.85. The smallest absolute Gasteiger partial charge is 0.366 e. The zero-order valence-corrected chi connectivity index (χ0v) is 9.85. The van der Waals surface area contributed by atoms with Gasteiger partial charge in [0, 0.05) is 12.8 Å². The Labute approximate surface area is 99.5 Å². The molecule has 1 unspecified atom stereocenters. The molecule has 1 aliphatic rings. The largest absolute Gasteiger partial charge is 0.466 e. The number of esters is 2. The van der Waals surface area contributed by atoms with Crippen LogP contribution in [0.5, 0.6) is 0 Å². The Balaban J connectivity index is 2.60. The molecule has 0 spiro atoms. The van der Waals surface area contributed by atoms with E-state index >= 15 is 0 Å². The minimum Gasteiger partial charge on any atom is -0.466 e. The normalized spacial score (nSPS) is 27.4. The fourth-order valence-corrected chi connectivity index (χ4v) is 1.44. The SMILES string of the molecule is CC1CCOC(=O)CCCC(O)(O)C(=O)OC1. The second kappa shape index (κ2) is 5.97. The Morgan fingerprint density at radius 2 is 2.00 bits per heavy atom. The van der Waals surface area contributed by atoms with E-state index in [1.54, 1.807) is 0 Å². The van der Waals surface area contributed by atoms with Crippen LogP contribution in [0.15, 0.2) is 0 Å². The van der Waals surface area contributed by atoms with Crippen LogP contribution >= 0.6 is 0 Å². The summed E-state index contributed by atoms with van der Waals surface area (Å²) in [6.45, 7) is 2.20. The lowest BCUT2D eigenvalue weighted by atomic mass is 10.1. The van der Waals surface area contributed by atoms with Gasteiger partial charge in [0.05, 0.1) is 13.2 Å². The molecule has 1 fully saturated rings. The van der Waals surface area contributed by atoms with Gasteiger partial charge < -0.3 is 19.7 Å². The Kier molecular flexibility index (Phi) is 4.89. The molecule has 0 amide bonds. The maximum Gasteiger partial charge on any atom is 0.366 e. The molecule has 98 valence electrons. The Morgan fingerprint density at radius 3 is 2.71 bits per heavy atom. The van der Waals surface area contributed by atoms with Crippen molar-refractivity contribution in [2.75, 3.05) is 13.2 Å². The van der Waals surface area contributed by atoms with E-state index in [0.717, 1.165) is 0 Å². The van der Waals surface area contributed by atoms with E-state index in [2.05, 4.69) is 0 Å². The summed E-state index contributed by atoms with van der Waals surface area (Å²) in [5.41, 5.74) is 0. The summed E-state index contributed by atoms with van der Waals surface area (Å²) in [5.74, 6) is -3.96. The molecule has 0 aromatic heterocycles. The fourth-order valence-electron chi connectivity index (χ4n) is 1.44. The van der Waals surface area contributed by atoms with Gasteiger partial charge in [0.15, 0.2) is 0 Å². The number of hydrogen-bond acceptors (Lipinski definition) is 6. The Hall–Kier alpha value is -1.14.